The van der Waals surface area contributed by atoms with Gasteiger partial charge in [0.15, 0.2) is 0 Å². The molecule has 0 saturated carbocycles. The number of carbonyl (C=O) groups excluding carboxylic acids is 1. The van der Waals surface area contributed by atoms with E-state index in [4.69, 9.17) is 9.47 Å². The number of aromatic nitrogens is 2. The number of nitrogens with one attached hydrogen (secondary N) is 2. The van der Waals surface area contributed by atoms with E-state index >= 15 is 0 Å². The van der Waals surface area contributed by atoms with Crippen molar-refractivity contribution in [1.82, 2.24) is 9.97 Å². The van der Waals surface area contributed by atoms with Crippen molar-refractivity contribution in [1.29, 1.82) is 0 Å². The number of ether oxygens (including phenoxy) is 2. The summed E-state index contributed by atoms with van der Waals surface area (Å²) in [6.07, 6.45) is 5.41. The molecule has 3 rings (SSSR count). The summed E-state index contributed by atoms with van der Waals surface area (Å²) in [5.41, 5.74) is 2.92. The monoisotopic (exact) mass is 315 g/mol. The molecule has 1 atom stereocenters. The Balaban J connectivity index is 1.74. The molecule has 2 heterocycles. The third-order valence-electron chi connectivity index (χ3n) is 3.90. The van der Waals surface area contributed by atoms with Crippen LogP contribution < -0.4 is 10.1 Å². The van der Waals surface area contributed by atoms with E-state index in [2.05, 4.69) is 15.3 Å². The first-order chi connectivity index (χ1) is 11.3. The summed E-state index contributed by atoms with van der Waals surface area (Å²) in [4.78, 5) is 19.1. The van der Waals surface area contributed by atoms with Crippen molar-refractivity contribution >= 4 is 11.6 Å². The van der Waals surface area contributed by atoms with Crippen LogP contribution in [-0.4, -0.2) is 35.7 Å². The lowest BCUT2D eigenvalue weighted by Crippen LogP contribution is -2.20. The second-order valence-electron chi connectivity index (χ2n) is 5.54. The Labute approximate surface area is 135 Å². The fourth-order valence-corrected chi connectivity index (χ4v) is 2.80. The zero-order valence-electron chi connectivity index (χ0n) is 13.2. The van der Waals surface area contributed by atoms with Gasteiger partial charge >= 0.3 is 0 Å². The smallest absolute Gasteiger partial charge is 0.250 e. The molecule has 1 aromatic carbocycles. The summed E-state index contributed by atoms with van der Waals surface area (Å²) >= 11 is 0. The maximum Gasteiger partial charge on any atom is 0.250 e. The third-order valence-corrected chi connectivity index (χ3v) is 3.90. The summed E-state index contributed by atoms with van der Waals surface area (Å²) in [7, 11) is 0. The second kappa shape index (κ2) is 7.28. The molecule has 23 heavy (non-hydrogen) atoms. The summed E-state index contributed by atoms with van der Waals surface area (Å²) in [6.45, 7) is 3.17. The Morgan fingerprint density at radius 1 is 1.52 bits per heavy atom. The topological polar surface area (TPSA) is 76.2 Å². The Kier molecular flexibility index (Phi) is 4.92. The number of carbonyl (C=O) groups is 1. The van der Waals surface area contributed by atoms with Crippen LogP contribution in [0.5, 0.6) is 5.75 Å². The van der Waals surface area contributed by atoms with Crippen LogP contribution in [0, 0.1) is 0 Å². The van der Waals surface area contributed by atoms with Gasteiger partial charge in [0, 0.05) is 18.5 Å². The number of fused-ring (bicyclic) bond motifs is 1. The third kappa shape index (κ3) is 3.90. The number of aromatic amines is 1. The van der Waals surface area contributed by atoms with Gasteiger partial charge in [-0.05, 0) is 49.4 Å². The van der Waals surface area contributed by atoms with Crippen LogP contribution in [0.15, 0.2) is 30.7 Å². The number of rotatable bonds is 6. The van der Waals surface area contributed by atoms with E-state index in [-0.39, 0.29) is 12.5 Å². The van der Waals surface area contributed by atoms with Gasteiger partial charge in [0.2, 0.25) is 5.91 Å². The molecule has 1 aromatic heterocycles. The Morgan fingerprint density at radius 3 is 3.22 bits per heavy atom. The zero-order chi connectivity index (χ0) is 16.1. The molecule has 2 N–H and O–H groups in total. The number of H-pyrrole nitrogens is 1. The predicted octanol–water partition coefficient (Wildman–Crippen LogP) is 2.49. The molecule has 1 amide bonds. The number of amides is 1. The van der Waals surface area contributed by atoms with E-state index in [0.717, 1.165) is 35.5 Å². The molecule has 6 nitrogen and oxygen atoms in total. The van der Waals surface area contributed by atoms with E-state index in [9.17, 15) is 4.79 Å². The van der Waals surface area contributed by atoms with Gasteiger partial charge in [-0.3, -0.25) is 4.79 Å². The average molecular weight is 315 g/mol. The zero-order valence-corrected chi connectivity index (χ0v) is 13.2. The highest BCUT2D eigenvalue weighted by Gasteiger charge is 2.23. The number of hydrogen-bond donors (Lipinski definition) is 2. The van der Waals surface area contributed by atoms with Crippen LogP contribution >= 0.6 is 0 Å². The standard InChI is InChI=1S/C17H21N3O3/c1-2-22-10-17(21)20-13-3-4-16-15(8-13)12(5-6-23-16)7-14-9-18-11-19-14/h3-4,8-9,11-12H,2,5-7,10H2,1H3,(H,18,19)(H,20,21). The minimum atomic E-state index is -0.146. The molecule has 0 saturated heterocycles. The summed E-state index contributed by atoms with van der Waals surface area (Å²) in [5, 5.41) is 2.86. The van der Waals surface area contributed by atoms with Gasteiger partial charge in [0.25, 0.3) is 0 Å². The molecule has 6 heteroatoms. The second-order valence-corrected chi connectivity index (χ2v) is 5.54. The fourth-order valence-electron chi connectivity index (χ4n) is 2.80. The van der Waals surface area contributed by atoms with Crippen molar-refractivity contribution in [2.75, 3.05) is 25.1 Å². The van der Waals surface area contributed by atoms with E-state index in [1.807, 2.05) is 31.3 Å². The number of benzene rings is 1. The first-order valence-corrected chi connectivity index (χ1v) is 7.88. The van der Waals surface area contributed by atoms with Gasteiger partial charge < -0.3 is 19.8 Å². The normalized spacial score (nSPS) is 16.5. The lowest BCUT2D eigenvalue weighted by molar-refractivity contribution is -0.120. The molecule has 122 valence electrons. The molecular weight excluding hydrogens is 294 g/mol. The average Bonchev–Trinajstić information content (AvgIpc) is 3.06. The molecule has 1 aliphatic heterocycles. The molecule has 1 aliphatic rings. The van der Waals surface area contributed by atoms with Crippen molar-refractivity contribution < 1.29 is 14.3 Å². The van der Waals surface area contributed by atoms with Gasteiger partial charge in [-0.1, -0.05) is 0 Å². The fraction of sp³-hybridized carbons (Fsp3) is 0.412. The van der Waals surface area contributed by atoms with Crippen LogP contribution in [-0.2, 0) is 16.0 Å². The Bertz CT molecular complexity index is 655. The van der Waals surface area contributed by atoms with Crippen LogP contribution in [0.1, 0.15) is 30.5 Å². The largest absolute Gasteiger partial charge is 0.493 e. The van der Waals surface area contributed by atoms with E-state index in [1.54, 1.807) is 6.33 Å². The van der Waals surface area contributed by atoms with Crippen LogP contribution in [0.3, 0.4) is 0 Å². The minimum absolute atomic E-state index is 0.0702. The predicted molar refractivity (Wildman–Crippen MR) is 86.7 cm³/mol. The van der Waals surface area contributed by atoms with Crippen molar-refractivity contribution in [3.8, 4) is 5.75 Å². The highest BCUT2D eigenvalue weighted by Crippen LogP contribution is 2.37. The molecule has 2 aromatic rings. The van der Waals surface area contributed by atoms with Gasteiger partial charge in [-0.15, -0.1) is 0 Å². The molecule has 0 bridgehead atoms. The minimum Gasteiger partial charge on any atom is -0.493 e. The van der Waals surface area contributed by atoms with Crippen molar-refractivity contribution in [3.05, 3.63) is 42.0 Å². The molecule has 0 fully saturated rings. The molecule has 0 aliphatic carbocycles. The quantitative estimate of drug-likeness (QED) is 0.858. The maximum atomic E-state index is 11.8. The van der Waals surface area contributed by atoms with Crippen LogP contribution in [0.2, 0.25) is 0 Å². The van der Waals surface area contributed by atoms with Crippen molar-refractivity contribution in [3.63, 3.8) is 0 Å². The lowest BCUT2D eigenvalue weighted by Gasteiger charge is -2.26. The number of hydrogen-bond acceptors (Lipinski definition) is 4. The molecule has 1 unspecified atom stereocenters. The first kappa shape index (κ1) is 15.6. The Hall–Kier alpha value is -2.34. The number of nitrogens with zero attached hydrogens (tertiary/aromatic N) is 1. The molecule has 0 radical (unpaired) electrons. The highest BCUT2D eigenvalue weighted by atomic mass is 16.5. The van der Waals surface area contributed by atoms with E-state index in [1.165, 1.54) is 0 Å². The van der Waals surface area contributed by atoms with Crippen molar-refractivity contribution in [2.45, 2.75) is 25.7 Å². The van der Waals surface area contributed by atoms with Crippen molar-refractivity contribution in [2.24, 2.45) is 0 Å². The summed E-state index contributed by atoms with van der Waals surface area (Å²) < 4.78 is 10.9. The van der Waals surface area contributed by atoms with E-state index < -0.39 is 0 Å². The van der Waals surface area contributed by atoms with Gasteiger partial charge in [-0.25, -0.2) is 4.98 Å². The molecular formula is C17H21N3O3. The summed E-state index contributed by atoms with van der Waals surface area (Å²) in [5.74, 6) is 1.08. The van der Waals surface area contributed by atoms with Crippen LogP contribution in [0.25, 0.3) is 0 Å². The van der Waals surface area contributed by atoms with Gasteiger partial charge in [0.05, 0.1) is 18.6 Å². The lowest BCUT2D eigenvalue weighted by atomic mass is 9.89. The first-order valence-electron chi connectivity index (χ1n) is 7.88. The SMILES string of the molecule is CCOCC(=O)Nc1ccc2c(c1)C(Cc1c[nH]cn1)CCO2. The maximum absolute atomic E-state index is 11.8. The van der Waals surface area contributed by atoms with Crippen LogP contribution in [0.4, 0.5) is 5.69 Å². The highest BCUT2D eigenvalue weighted by molar-refractivity contribution is 5.91. The molecule has 0 spiro atoms. The summed E-state index contributed by atoms with van der Waals surface area (Å²) in [6, 6.07) is 5.78. The van der Waals surface area contributed by atoms with Gasteiger partial charge in [0.1, 0.15) is 12.4 Å². The number of anilines is 1. The Morgan fingerprint density at radius 2 is 2.43 bits per heavy atom. The number of imidazole rings is 1. The van der Waals surface area contributed by atoms with E-state index in [0.29, 0.717) is 19.1 Å². The van der Waals surface area contributed by atoms with Gasteiger partial charge in [-0.2, -0.15) is 0 Å².